The summed E-state index contributed by atoms with van der Waals surface area (Å²) >= 11 is 0. The molecule has 1 aliphatic rings. The van der Waals surface area contributed by atoms with Crippen molar-refractivity contribution in [3.63, 3.8) is 0 Å². The summed E-state index contributed by atoms with van der Waals surface area (Å²) < 4.78 is 46.7. The number of nitrogens with one attached hydrogen (secondary N) is 1. The molecular weight excluding hydrogens is 395 g/mol. The molecular formula is C21H25FN2O4S. The lowest BCUT2D eigenvalue weighted by Gasteiger charge is -2.18. The van der Waals surface area contributed by atoms with Gasteiger partial charge in [-0.25, -0.2) is 17.5 Å². The number of hydrogen-bond donors (Lipinski definition) is 1. The molecule has 1 fully saturated rings. The van der Waals surface area contributed by atoms with Gasteiger partial charge in [0.15, 0.2) is 6.61 Å². The predicted octanol–water partition coefficient (Wildman–Crippen LogP) is 3.08. The van der Waals surface area contributed by atoms with Crippen molar-refractivity contribution in [2.45, 2.75) is 43.2 Å². The second-order valence-corrected chi connectivity index (χ2v) is 8.92. The highest BCUT2D eigenvalue weighted by atomic mass is 32.2. The van der Waals surface area contributed by atoms with Gasteiger partial charge in [0.1, 0.15) is 11.6 Å². The molecule has 1 amide bonds. The third-order valence-electron chi connectivity index (χ3n) is 4.96. The lowest BCUT2D eigenvalue weighted by Crippen LogP contribution is -2.32. The number of carbonyl (C=O) groups is 1. The average Bonchev–Trinajstić information content (AvgIpc) is 3.20. The van der Waals surface area contributed by atoms with Crippen LogP contribution in [0, 0.1) is 5.82 Å². The Morgan fingerprint density at radius 3 is 2.45 bits per heavy atom. The summed E-state index contributed by atoms with van der Waals surface area (Å²) in [6.07, 6.45) is 3.81. The van der Waals surface area contributed by atoms with Gasteiger partial charge >= 0.3 is 0 Å². The molecule has 6 nitrogen and oxygen atoms in total. The van der Waals surface area contributed by atoms with Gasteiger partial charge in [-0.1, -0.05) is 31.0 Å². The lowest BCUT2D eigenvalue weighted by molar-refractivity contribution is -0.132. The summed E-state index contributed by atoms with van der Waals surface area (Å²) in [7, 11) is -1.99. The zero-order valence-electron chi connectivity index (χ0n) is 16.3. The van der Waals surface area contributed by atoms with Crippen molar-refractivity contribution < 1.29 is 22.3 Å². The molecule has 0 radical (unpaired) electrons. The zero-order chi connectivity index (χ0) is 20.9. The second-order valence-electron chi connectivity index (χ2n) is 7.20. The molecule has 0 saturated heterocycles. The number of nitrogens with zero attached hydrogens (tertiary/aromatic N) is 1. The number of ether oxygens (including phenoxy) is 1. The molecule has 0 unspecified atom stereocenters. The fourth-order valence-corrected chi connectivity index (χ4v) is 4.58. The molecule has 1 N–H and O–H groups in total. The fourth-order valence-electron chi connectivity index (χ4n) is 3.27. The van der Waals surface area contributed by atoms with Crippen LogP contribution < -0.4 is 9.46 Å². The van der Waals surface area contributed by atoms with Crippen molar-refractivity contribution >= 4 is 15.9 Å². The minimum Gasteiger partial charge on any atom is -0.484 e. The van der Waals surface area contributed by atoms with E-state index in [9.17, 15) is 17.6 Å². The third kappa shape index (κ3) is 5.77. The van der Waals surface area contributed by atoms with Gasteiger partial charge in [0.2, 0.25) is 10.0 Å². The standard InChI is InChI=1S/C21H25FN2O4S/c1-24(14-16-6-2-5-9-20(16)22)21(25)15-28-18-10-12-19(13-11-18)29(26,27)23-17-7-3-4-8-17/h2,5-6,9-13,17,23H,3-4,7-8,14-15H2,1H3. The molecule has 1 saturated carbocycles. The first-order valence-corrected chi connectivity index (χ1v) is 11.1. The van der Waals surface area contributed by atoms with E-state index < -0.39 is 10.0 Å². The number of sulfonamides is 1. The third-order valence-corrected chi connectivity index (χ3v) is 6.50. The number of likely N-dealkylation sites (N-methyl/N-ethyl adjacent to an activating group) is 1. The SMILES string of the molecule is CN(Cc1ccccc1F)C(=O)COc1ccc(S(=O)(=O)NC2CCCC2)cc1. The average molecular weight is 421 g/mol. The summed E-state index contributed by atoms with van der Waals surface area (Å²) in [6.45, 7) is -0.0870. The highest BCUT2D eigenvalue weighted by Gasteiger charge is 2.22. The molecule has 0 atom stereocenters. The molecule has 1 aliphatic carbocycles. The summed E-state index contributed by atoms with van der Waals surface area (Å²) in [5, 5.41) is 0. The Balaban J connectivity index is 1.53. The molecule has 29 heavy (non-hydrogen) atoms. The molecule has 0 aromatic heterocycles. The van der Waals surface area contributed by atoms with Crippen LogP contribution in [-0.2, 0) is 21.4 Å². The van der Waals surface area contributed by atoms with Gasteiger partial charge < -0.3 is 9.64 Å². The Morgan fingerprint density at radius 1 is 1.14 bits per heavy atom. The lowest BCUT2D eigenvalue weighted by atomic mass is 10.2. The largest absolute Gasteiger partial charge is 0.484 e. The van der Waals surface area contributed by atoms with Crippen LogP contribution in [0.2, 0.25) is 0 Å². The van der Waals surface area contributed by atoms with E-state index >= 15 is 0 Å². The van der Waals surface area contributed by atoms with Crippen LogP contribution in [0.1, 0.15) is 31.2 Å². The first-order valence-electron chi connectivity index (χ1n) is 9.58. The first-order chi connectivity index (χ1) is 13.8. The summed E-state index contributed by atoms with van der Waals surface area (Å²) in [5.74, 6) is -0.290. The van der Waals surface area contributed by atoms with Gasteiger partial charge in [0, 0.05) is 25.2 Å². The molecule has 2 aromatic rings. The second kappa shape index (κ2) is 9.37. The van der Waals surface area contributed by atoms with Crippen molar-refractivity contribution in [1.82, 2.24) is 9.62 Å². The summed E-state index contributed by atoms with van der Waals surface area (Å²) in [5.41, 5.74) is 0.424. The van der Waals surface area contributed by atoms with E-state index in [1.807, 2.05) is 0 Å². The predicted molar refractivity (Wildman–Crippen MR) is 107 cm³/mol. The number of amides is 1. The number of benzene rings is 2. The van der Waals surface area contributed by atoms with Crippen LogP contribution in [0.4, 0.5) is 4.39 Å². The van der Waals surface area contributed by atoms with Gasteiger partial charge in [-0.05, 0) is 43.2 Å². The molecule has 3 rings (SSSR count). The first kappa shape index (κ1) is 21.3. The van der Waals surface area contributed by atoms with Crippen molar-refractivity contribution in [3.8, 4) is 5.75 Å². The Bertz CT molecular complexity index is 941. The molecule has 8 heteroatoms. The van der Waals surface area contributed by atoms with Crippen LogP contribution >= 0.6 is 0 Å². The minimum atomic E-state index is -3.56. The van der Waals surface area contributed by atoms with E-state index in [2.05, 4.69) is 4.72 Å². The Morgan fingerprint density at radius 2 is 1.79 bits per heavy atom. The van der Waals surface area contributed by atoms with Gasteiger partial charge in [-0.15, -0.1) is 0 Å². The van der Waals surface area contributed by atoms with E-state index in [-0.39, 0.29) is 35.8 Å². The van der Waals surface area contributed by atoms with Gasteiger partial charge in [-0.2, -0.15) is 0 Å². The van der Waals surface area contributed by atoms with Crippen LogP contribution in [0.15, 0.2) is 53.4 Å². The Hall–Kier alpha value is -2.45. The summed E-state index contributed by atoms with van der Waals surface area (Å²) in [4.78, 5) is 13.8. The van der Waals surface area contributed by atoms with E-state index in [1.54, 1.807) is 25.2 Å². The fraction of sp³-hybridized carbons (Fsp3) is 0.381. The molecule has 0 aliphatic heterocycles. The Labute approximate surface area is 170 Å². The van der Waals surface area contributed by atoms with Gasteiger partial charge in [0.25, 0.3) is 5.91 Å². The van der Waals surface area contributed by atoms with Crippen LogP contribution in [0.5, 0.6) is 5.75 Å². The normalized spacial score (nSPS) is 14.7. The van der Waals surface area contributed by atoms with E-state index in [1.165, 1.54) is 35.2 Å². The van der Waals surface area contributed by atoms with Crippen molar-refractivity contribution in [2.24, 2.45) is 0 Å². The monoisotopic (exact) mass is 420 g/mol. The van der Waals surface area contributed by atoms with E-state index in [0.717, 1.165) is 25.7 Å². The molecule has 0 bridgehead atoms. The number of rotatable bonds is 8. The van der Waals surface area contributed by atoms with E-state index in [0.29, 0.717) is 11.3 Å². The highest BCUT2D eigenvalue weighted by molar-refractivity contribution is 7.89. The molecule has 156 valence electrons. The quantitative estimate of drug-likeness (QED) is 0.712. The van der Waals surface area contributed by atoms with Crippen molar-refractivity contribution in [2.75, 3.05) is 13.7 Å². The number of halogens is 1. The smallest absolute Gasteiger partial charge is 0.260 e. The highest BCUT2D eigenvalue weighted by Crippen LogP contribution is 2.21. The molecule has 2 aromatic carbocycles. The number of carbonyl (C=O) groups excluding carboxylic acids is 1. The van der Waals surface area contributed by atoms with Crippen LogP contribution in [-0.4, -0.2) is 38.9 Å². The van der Waals surface area contributed by atoms with Gasteiger partial charge in [0.05, 0.1) is 4.90 Å². The summed E-state index contributed by atoms with van der Waals surface area (Å²) in [6, 6.07) is 12.2. The topological polar surface area (TPSA) is 75.7 Å². The number of hydrogen-bond acceptors (Lipinski definition) is 4. The molecule has 0 heterocycles. The van der Waals surface area contributed by atoms with Gasteiger partial charge in [-0.3, -0.25) is 4.79 Å². The maximum absolute atomic E-state index is 13.7. The maximum Gasteiger partial charge on any atom is 0.260 e. The van der Waals surface area contributed by atoms with Crippen molar-refractivity contribution in [3.05, 3.63) is 59.9 Å². The van der Waals surface area contributed by atoms with E-state index in [4.69, 9.17) is 4.74 Å². The maximum atomic E-state index is 13.7. The van der Waals surface area contributed by atoms with Crippen molar-refractivity contribution in [1.29, 1.82) is 0 Å². The van der Waals surface area contributed by atoms with Crippen LogP contribution in [0.25, 0.3) is 0 Å². The zero-order valence-corrected chi connectivity index (χ0v) is 17.1. The minimum absolute atomic E-state index is 0.00136. The van der Waals surface area contributed by atoms with Crippen LogP contribution in [0.3, 0.4) is 0 Å². The molecule has 0 spiro atoms. The Kier molecular flexibility index (Phi) is 6.87.